The fraction of sp³-hybridized carbons (Fsp3) is 0.444. The minimum atomic E-state index is -0.728. The van der Waals surface area contributed by atoms with E-state index in [0.717, 1.165) is 31.4 Å². The van der Waals surface area contributed by atoms with Crippen LogP contribution < -0.4 is 0 Å². The minimum Gasteiger partial charge on any atom is -0.388 e. The average Bonchev–Trinajstić information content (AvgIpc) is 3.13. The summed E-state index contributed by atoms with van der Waals surface area (Å²) in [6.07, 6.45) is 5.37. The summed E-state index contributed by atoms with van der Waals surface area (Å²) in [5, 5.41) is 14.9. The molecule has 0 radical (unpaired) electrons. The van der Waals surface area contributed by atoms with E-state index in [2.05, 4.69) is 5.10 Å². The van der Waals surface area contributed by atoms with E-state index < -0.39 is 5.60 Å². The van der Waals surface area contributed by atoms with Gasteiger partial charge in [0.05, 0.1) is 22.5 Å². The maximum absolute atomic E-state index is 12.7. The predicted molar refractivity (Wildman–Crippen MR) is 88.7 cm³/mol. The molecule has 122 valence electrons. The molecule has 0 spiro atoms. The molecule has 3 rings (SSSR count). The van der Waals surface area contributed by atoms with Crippen molar-refractivity contribution < 1.29 is 9.90 Å². The minimum absolute atomic E-state index is 0.0926. The van der Waals surface area contributed by atoms with Gasteiger partial charge in [-0.2, -0.15) is 5.10 Å². The van der Waals surface area contributed by atoms with Gasteiger partial charge in [0, 0.05) is 19.8 Å². The van der Waals surface area contributed by atoms with Gasteiger partial charge in [-0.3, -0.25) is 4.79 Å². The van der Waals surface area contributed by atoms with E-state index in [9.17, 15) is 9.90 Å². The van der Waals surface area contributed by atoms with Gasteiger partial charge in [-0.15, -0.1) is 0 Å². The number of hydrogen-bond acceptors (Lipinski definition) is 3. The highest BCUT2D eigenvalue weighted by molar-refractivity contribution is 5.95. The highest BCUT2D eigenvalue weighted by atomic mass is 16.3. The number of rotatable bonds is 4. The number of aromatic nitrogens is 2. The first-order chi connectivity index (χ1) is 11.0. The number of aliphatic hydroxyl groups is 1. The van der Waals surface area contributed by atoms with Gasteiger partial charge < -0.3 is 10.0 Å². The lowest BCUT2D eigenvalue weighted by molar-refractivity contribution is 0.0156. The second kappa shape index (κ2) is 6.16. The maximum atomic E-state index is 12.7. The molecule has 1 N–H and O–H groups in total. The third kappa shape index (κ3) is 3.29. The molecule has 23 heavy (non-hydrogen) atoms. The predicted octanol–water partition coefficient (Wildman–Crippen LogP) is 2.56. The number of carbonyl (C=O) groups is 1. The van der Waals surface area contributed by atoms with Gasteiger partial charge in [0.25, 0.3) is 5.91 Å². The van der Waals surface area contributed by atoms with Crippen LogP contribution in [-0.4, -0.2) is 44.9 Å². The van der Waals surface area contributed by atoms with Gasteiger partial charge >= 0.3 is 0 Å². The number of para-hydroxylation sites is 1. The van der Waals surface area contributed by atoms with Crippen LogP contribution in [0.3, 0.4) is 0 Å². The summed E-state index contributed by atoms with van der Waals surface area (Å²) in [5.41, 5.74) is 1.47. The van der Waals surface area contributed by atoms with E-state index in [1.807, 2.05) is 37.3 Å². The van der Waals surface area contributed by atoms with Crippen molar-refractivity contribution in [1.29, 1.82) is 0 Å². The number of aryl methyl sites for hydroxylation is 1. The summed E-state index contributed by atoms with van der Waals surface area (Å²) < 4.78 is 1.72. The van der Waals surface area contributed by atoms with Crippen molar-refractivity contribution in [3.05, 3.63) is 47.8 Å². The smallest absolute Gasteiger partial charge is 0.257 e. The topological polar surface area (TPSA) is 58.4 Å². The average molecular weight is 313 g/mol. The molecule has 5 heteroatoms. The van der Waals surface area contributed by atoms with Crippen molar-refractivity contribution in [1.82, 2.24) is 14.7 Å². The van der Waals surface area contributed by atoms with Gasteiger partial charge in [0.15, 0.2) is 0 Å². The van der Waals surface area contributed by atoms with Crippen LogP contribution in [0.4, 0.5) is 0 Å². The summed E-state index contributed by atoms with van der Waals surface area (Å²) in [6.45, 7) is 2.21. The Labute approximate surface area is 136 Å². The van der Waals surface area contributed by atoms with Crippen LogP contribution in [0, 0.1) is 6.92 Å². The zero-order chi connectivity index (χ0) is 16.4. The molecule has 1 aromatic carbocycles. The second-order valence-corrected chi connectivity index (χ2v) is 6.50. The van der Waals surface area contributed by atoms with E-state index in [-0.39, 0.29) is 5.91 Å². The van der Waals surface area contributed by atoms with Gasteiger partial charge in [0.2, 0.25) is 0 Å². The van der Waals surface area contributed by atoms with E-state index in [4.69, 9.17) is 0 Å². The summed E-state index contributed by atoms with van der Waals surface area (Å²) >= 11 is 0. The van der Waals surface area contributed by atoms with Gasteiger partial charge in [-0.05, 0) is 31.9 Å². The fourth-order valence-electron chi connectivity index (χ4n) is 3.29. The van der Waals surface area contributed by atoms with Crippen LogP contribution in [0.2, 0.25) is 0 Å². The molecule has 1 fully saturated rings. The van der Waals surface area contributed by atoms with E-state index in [1.165, 1.54) is 0 Å². The van der Waals surface area contributed by atoms with Crippen LogP contribution in [-0.2, 0) is 0 Å². The molecule has 2 aromatic rings. The number of likely N-dealkylation sites (N-methyl/N-ethyl adjacent to an activating group) is 1. The first-order valence-electron chi connectivity index (χ1n) is 8.08. The maximum Gasteiger partial charge on any atom is 0.257 e. The lowest BCUT2D eigenvalue weighted by Gasteiger charge is -2.28. The molecule has 1 aliphatic carbocycles. The molecule has 1 aliphatic rings. The third-order valence-corrected chi connectivity index (χ3v) is 4.56. The molecular formula is C18H23N3O2. The number of carbonyl (C=O) groups excluding carboxylic acids is 1. The Morgan fingerprint density at radius 2 is 1.96 bits per heavy atom. The van der Waals surface area contributed by atoms with Crippen molar-refractivity contribution in [2.75, 3.05) is 13.6 Å². The molecule has 0 atom stereocenters. The van der Waals surface area contributed by atoms with E-state index in [0.29, 0.717) is 17.8 Å². The Morgan fingerprint density at radius 1 is 1.30 bits per heavy atom. The molecule has 1 amide bonds. The van der Waals surface area contributed by atoms with Crippen LogP contribution in [0.25, 0.3) is 5.69 Å². The van der Waals surface area contributed by atoms with Crippen molar-refractivity contribution >= 4 is 5.91 Å². The summed E-state index contributed by atoms with van der Waals surface area (Å²) in [5.74, 6) is -0.0926. The van der Waals surface area contributed by atoms with Crippen molar-refractivity contribution in [3.8, 4) is 5.69 Å². The molecule has 0 saturated heterocycles. The monoisotopic (exact) mass is 313 g/mol. The largest absolute Gasteiger partial charge is 0.388 e. The lowest BCUT2D eigenvalue weighted by Crippen LogP contribution is -2.42. The second-order valence-electron chi connectivity index (χ2n) is 6.50. The summed E-state index contributed by atoms with van der Waals surface area (Å²) in [6, 6.07) is 9.73. The van der Waals surface area contributed by atoms with E-state index >= 15 is 0 Å². The lowest BCUT2D eigenvalue weighted by atomic mass is 10.0. The third-order valence-electron chi connectivity index (χ3n) is 4.56. The van der Waals surface area contributed by atoms with Gasteiger partial charge in [-0.25, -0.2) is 4.68 Å². The zero-order valence-electron chi connectivity index (χ0n) is 13.7. The Kier molecular flexibility index (Phi) is 4.22. The van der Waals surface area contributed by atoms with Crippen LogP contribution in [0.15, 0.2) is 36.5 Å². The number of nitrogens with zero attached hydrogens (tertiary/aromatic N) is 3. The Bertz CT molecular complexity index is 688. The first kappa shape index (κ1) is 15.7. The molecule has 5 nitrogen and oxygen atoms in total. The molecule has 0 bridgehead atoms. The van der Waals surface area contributed by atoms with Gasteiger partial charge in [-0.1, -0.05) is 31.0 Å². The van der Waals surface area contributed by atoms with Crippen molar-refractivity contribution in [3.63, 3.8) is 0 Å². The van der Waals surface area contributed by atoms with E-state index in [1.54, 1.807) is 22.8 Å². The number of hydrogen-bond donors (Lipinski definition) is 1. The molecule has 0 unspecified atom stereocenters. The van der Waals surface area contributed by atoms with Crippen LogP contribution in [0.1, 0.15) is 41.7 Å². The highest BCUT2D eigenvalue weighted by Crippen LogP contribution is 2.30. The Hall–Kier alpha value is -2.14. The normalized spacial score (nSPS) is 16.5. The van der Waals surface area contributed by atoms with Crippen LogP contribution >= 0.6 is 0 Å². The Balaban J connectivity index is 1.78. The molecule has 1 heterocycles. The van der Waals surface area contributed by atoms with Crippen LogP contribution in [0.5, 0.6) is 0 Å². The summed E-state index contributed by atoms with van der Waals surface area (Å²) in [4.78, 5) is 14.3. The highest BCUT2D eigenvalue weighted by Gasteiger charge is 2.34. The first-order valence-corrected chi connectivity index (χ1v) is 8.08. The number of benzene rings is 1. The molecule has 0 aliphatic heterocycles. The molecular weight excluding hydrogens is 290 g/mol. The summed E-state index contributed by atoms with van der Waals surface area (Å²) in [7, 11) is 1.75. The standard InChI is InChI=1S/C18H23N3O2/c1-14-16(12-21(19-14)15-8-4-3-5-9-15)17(22)20(2)13-18(23)10-6-7-11-18/h3-5,8-9,12,23H,6-7,10-11,13H2,1-2H3. The number of amides is 1. The van der Waals surface area contributed by atoms with Crippen molar-refractivity contribution in [2.45, 2.75) is 38.2 Å². The quantitative estimate of drug-likeness (QED) is 0.944. The SMILES string of the molecule is Cc1nn(-c2ccccc2)cc1C(=O)N(C)CC1(O)CCCC1. The zero-order valence-corrected chi connectivity index (χ0v) is 13.7. The van der Waals surface area contributed by atoms with Gasteiger partial charge in [0.1, 0.15) is 0 Å². The van der Waals surface area contributed by atoms with Crippen molar-refractivity contribution in [2.24, 2.45) is 0 Å². The molecule has 1 aromatic heterocycles. The Morgan fingerprint density at radius 3 is 2.61 bits per heavy atom. The molecule has 1 saturated carbocycles. The fourth-order valence-corrected chi connectivity index (χ4v) is 3.29.